The number of aryl methyl sites for hydroxylation is 1. The van der Waals surface area contributed by atoms with E-state index in [0.29, 0.717) is 24.9 Å². The summed E-state index contributed by atoms with van der Waals surface area (Å²) in [6.45, 7) is 0.339. The largest absolute Gasteiger partial charge is 0.352 e. The second kappa shape index (κ2) is 7.95. The van der Waals surface area contributed by atoms with Crippen LogP contribution in [0.15, 0.2) is 47.4 Å². The first-order valence-electron chi connectivity index (χ1n) is 9.50. The molecule has 0 bridgehead atoms. The van der Waals surface area contributed by atoms with Crippen molar-refractivity contribution in [2.75, 3.05) is 6.54 Å². The van der Waals surface area contributed by atoms with E-state index in [4.69, 9.17) is 11.6 Å². The molecular weight excluding hydrogens is 398 g/mol. The van der Waals surface area contributed by atoms with Gasteiger partial charge in [0.15, 0.2) is 0 Å². The van der Waals surface area contributed by atoms with Gasteiger partial charge in [-0.3, -0.25) is 9.59 Å². The molecule has 2 aromatic carbocycles. The number of nitrogens with one attached hydrogen (secondary N) is 1. The molecule has 1 fully saturated rings. The van der Waals surface area contributed by atoms with E-state index in [9.17, 15) is 18.4 Å². The van der Waals surface area contributed by atoms with E-state index in [2.05, 4.69) is 5.32 Å². The Balaban J connectivity index is 1.53. The van der Waals surface area contributed by atoms with Gasteiger partial charge in [0, 0.05) is 24.2 Å². The molecule has 0 aliphatic heterocycles. The molecule has 7 heteroatoms. The normalized spacial score (nSPS) is 13.6. The summed E-state index contributed by atoms with van der Waals surface area (Å²) in [6, 6.07) is 9.02. The standard InChI is InChI=1S/C22H19ClF2N2O2/c23-18-11-20-16(10-19(18)25)21(28)17(12-27(20)15-6-7-15)22(29)26-8-2-4-13-3-1-5-14(24)9-13/h1,3,5,9-12,15H,2,4,6-8H2,(H,26,29). The van der Waals surface area contributed by atoms with Crippen LogP contribution in [-0.4, -0.2) is 17.0 Å². The third-order valence-electron chi connectivity index (χ3n) is 5.08. The number of rotatable bonds is 6. The van der Waals surface area contributed by atoms with Gasteiger partial charge in [-0.25, -0.2) is 8.78 Å². The molecule has 150 valence electrons. The summed E-state index contributed by atoms with van der Waals surface area (Å²) in [5.41, 5.74) is 0.840. The van der Waals surface area contributed by atoms with E-state index in [0.717, 1.165) is 24.5 Å². The van der Waals surface area contributed by atoms with Crippen molar-refractivity contribution < 1.29 is 13.6 Å². The zero-order valence-electron chi connectivity index (χ0n) is 15.6. The summed E-state index contributed by atoms with van der Waals surface area (Å²) in [5.74, 6) is -1.48. The molecule has 4 rings (SSSR count). The Morgan fingerprint density at radius 1 is 1.21 bits per heavy atom. The van der Waals surface area contributed by atoms with Crippen molar-refractivity contribution >= 4 is 28.4 Å². The third kappa shape index (κ3) is 4.17. The lowest BCUT2D eigenvalue weighted by Gasteiger charge is -2.13. The van der Waals surface area contributed by atoms with Crippen molar-refractivity contribution in [2.45, 2.75) is 31.7 Å². The first kappa shape index (κ1) is 19.6. The number of benzene rings is 2. The summed E-state index contributed by atoms with van der Waals surface area (Å²) < 4.78 is 29.0. The van der Waals surface area contributed by atoms with Crippen LogP contribution in [-0.2, 0) is 6.42 Å². The van der Waals surface area contributed by atoms with Gasteiger partial charge < -0.3 is 9.88 Å². The minimum atomic E-state index is -0.689. The fourth-order valence-electron chi connectivity index (χ4n) is 3.44. The van der Waals surface area contributed by atoms with Gasteiger partial charge in [0.2, 0.25) is 5.43 Å². The SMILES string of the molecule is O=C(NCCCc1cccc(F)c1)c1cn(C2CC2)c2cc(Cl)c(F)cc2c1=O. The summed E-state index contributed by atoms with van der Waals surface area (Å²) in [6.07, 6.45) is 4.61. The van der Waals surface area contributed by atoms with Gasteiger partial charge in [-0.05, 0) is 55.5 Å². The Hall–Kier alpha value is -2.73. The topological polar surface area (TPSA) is 51.1 Å². The summed E-state index contributed by atoms with van der Waals surface area (Å²) in [4.78, 5) is 25.4. The predicted molar refractivity (Wildman–Crippen MR) is 109 cm³/mol. The van der Waals surface area contributed by atoms with Gasteiger partial charge in [0.25, 0.3) is 5.91 Å². The van der Waals surface area contributed by atoms with Crippen LogP contribution in [0.4, 0.5) is 8.78 Å². The Labute approximate surface area is 171 Å². The van der Waals surface area contributed by atoms with Gasteiger partial charge >= 0.3 is 0 Å². The molecule has 3 aromatic rings. The molecule has 29 heavy (non-hydrogen) atoms. The summed E-state index contributed by atoms with van der Waals surface area (Å²) in [5, 5.41) is 2.83. The highest BCUT2D eigenvalue weighted by Gasteiger charge is 2.27. The molecule has 1 aliphatic carbocycles. The number of aromatic nitrogens is 1. The van der Waals surface area contributed by atoms with Gasteiger partial charge in [0.05, 0.1) is 10.5 Å². The highest BCUT2D eigenvalue weighted by molar-refractivity contribution is 6.31. The number of halogens is 3. The lowest BCUT2D eigenvalue weighted by Crippen LogP contribution is -2.30. The van der Waals surface area contributed by atoms with Crippen molar-refractivity contribution in [3.8, 4) is 0 Å². The van der Waals surface area contributed by atoms with E-state index in [-0.39, 0.29) is 27.8 Å². The van der Waals surface area contributed by atoms with E-state index in [1.807, 2.05) is 10.6 Å². The van der Waals surface area contributed by atoms with Gasteiger partial charge in [-0.15, -0.1) is 0 Å². The first-order chi connectivity index (χ1) is 13.9. The van der Waals surface area contributed by atoms with E-state index in [1.54, 1.807) is 12.3 Å². The van der Waals surface area contributed by atoms with Crippen LogP contribution in [0.5, 0.6) is 0 Å². The quantitative estimate of drug-likeness (QED) is 0.595. The Morgan fingerprint density at radius 2 is 2.00 bits per heavy atom. The second-order valence-electron chi connectivity index (χ2n) is 7.28. The van der Waals surface area contributed by atoms with Crippen LogP contribution in [0.25, 0.3) is 10.9 Å². The smallest absolute Gasteiger partial charge is 0.256 e. The monoisotopic (exact) mass is 416 g/mol. The molecule has 4 nitrogen and oxygen atoms in total. The molecule has 1 saturated carbocycles. The van der Waals surface area contributed by atoms with Crippen molar-refractivity contribution in [3.05, 3.63) is 80.6 Å². The number of carbonyl (C=O) groups excluding carboxylic acids is 1. The molecule has 0 atom stereocenters. The van der Waals surface area contributed by atoms with E-state index in [1.165, 1.54) is 18.2 Å². The second-order valence-corrected chi connectivity index (χ2v) is 7.69. The number of hydrogen-bond acceptors (Lipinski definition) is 2. The van der Waals surface area contributed by atoms with Crippen LogP contribution >= 0.6 is 11.6 Å². The van der Waals surface area contributed by atoms with Crippen molar-refractivity contribution in [1.29, 1.82) is 0 Å². The molecule has 0 radical (unpaired) electrons. The van der Waals surface area contributed by atoms with Crippen molar-refractivity contribution in [1.82, 2.24) is 9.88 Å². The molecule has 0 unspecified atom stereocenters. The fourth-order valence-corrected chi connectivity index (χ4v) is 3.60. The van der Waals surface area contributed by atoms with Gasteiger partial charge in [-0.1, -0.05) is 23.7 Å². The number of fused-ring (bicyclic) bond motifs is 1. The van der Waals surface area contributed by atoms with E-state index >= 15 is 0 Å². The Morgan fingerprint density at radius 3 is 2.72 bits per heavy atom. The zero-order chi connectivity index (χ0) is 20.5. The molecule has 1 aliphatic rings. The lowest BCUT2D eigenvalue weighted by atomic mass is 10.1. The van der Waals surface area contributed by atoms with Crippen LogP contribution in [0.1, 0.15) is 41.2 Å². The number of pyridine rings is 1. The lowest BCUT2D eigenvalue weighted by molar-refractivity contribution is 0.0951. The highest BCUT2D eigenvalue weighted by Crippen LogP contribution is 2.37. The third-order valence-corrected chi connectivity index (χ3v) is 5.37. The van der Waals surface area contributed by atoms with Crippen molar-refractivity contribution in [2.24, 2.45) is 0 Å². The summed E-state index contributed by atoms with van der Waals surface area (Å²) in [7, 11) is 0. The van der Waals surface area contributed by atoms with Crippen LogP contribution in [0.2, 0.25) is 5.02 Å². The van der Waals surface area contributed by atoms with Gasteiger partial charge in [0.1, 0.15) is 17.2 Å². The predicted octanol–water partition coefficient (Wildman–Crippen LogP) is 4.63. The minimum absolute atomic E-state index is 0.0168. The molecule has 1 N–H and O–H groups in total. The molecule has 0 spiro atoms. The minimum Gasteiger partial charge on any atom is -0.352 e. The number of nitrogens with zero attached hydrogens (tertiary/aromatic N) is 1. The fraction of sp³-hybridized carbons (Fsp3) is 0.273. The Kier molecular flexibility index (Phi) is 5.37. The zero-order valence-corrected chi connectivity index (χ0v) is 16.3. The number of hydrogen-bond donors (Lipinski definition) is 1. The molecule has 1 aromatic heterocycles. The number of amides is 1. The molecular formula is C22H19ClF2N2O2. The highest BCUT2D eigenvalue weighted by atomic mass is 35.5. The summed E-state index contributed by atoms with van der Waals surface area (Å²) >= 11 is 5.89. The van der Waals surface area contributed by atoms with Crippen molar-refractivity contribution in [3.63, 3.8) is 0 Å². The van der Waals surface area contributed by atoms with Crippen LogP contribution in [0, 0.1) is 11.6 Å². The Bertz CT molecular complexity index is 1160. The van der Waals surface area contributed by atoms with Crippen LogP contribution < -0.4 is 10.7 Å². The maximum Gasteiger partial charge on any atom is 0.256 e. The van der Waals surface area contributed by atoms with Crippen LogP contribution in [0.3, 0.4) is 0 Å². The average Bonchev–Trinajstić information content (AvgIpc) is 3.52. The van der Waals surface area contributed by atoms with E-state index < -0.39 is 17.2 Å². The molecule has 0 saturated heterocycles. The van der Waals surface area contributed by atoms with Gasteiger partial charge in [-0.2, -0.15) is 0 Å². The maximum absolute atomic E-state index is 13.9. The molecule has 1 amide bonds. The average molecular weight is 417 g/mol. The maximum atomic E-state index is 13.9. The molecule has 1 heterocycles. The number of carbonyl (C=O) groups is 1. The first-order valence-corrected chi connectivity index (χ1v) is 9.88.